The number of hydrogen-bond acceptors (Lipinski definition) is 6. The zero-order valence-corrected chi connectivity index (χ0v) is 20.1. The van der Waals surface area contributed by atoms with E-state index in [2.05, 4.69) is 17.4 Å². The molecular formula is C25H32N2O6S. The lowest BCUT2D eigenvalue weighted by molar-refractivity contribution is -0.146. The molecule has 0 bridgehead atoms. The van der Waals surface area contributed by atoms with Crippen LogP contribution in [0.25, 0.3) is 11.1 Å². The number of carbonyl (C=O) groups excluding carboxylic acids is 1. The quantitative estimate of drug-likeness (QED) is 0.644. The fourth-order valence-electron chi connectivity index (χ4n) is 4.60. The van der Waals surface area contributed by atoms with Crippen molar-refractivity contribution in [3.63, 3.8) is 0 Å². The molecule has 0 radical (unpaired) electrons. The van der Waals surface area contributed by atoms with Gasteiger partial charge in [0.25, 0.3) is 0 Å². The van der Waals surface area contributed by atoms with Crippen molar-refractivity contribution in [1.82, 2.24) is 9.62 Å². The van der Waals surface area contributed by atoms with E-state index in [1.165, 1.54) is 4.31 Å². The lowest BCUT2D eigenvalue weighted by Crippen LogP contribution is -2.57. The van der Waals surface area contributed by atoms with Crippen molar-refractivity contribution in [1.29, 1.82) is 0 Å². The standard InChI is InChI=1S/C25H32N2O6S/c1-34(30,31)27-15-21(28)16-32-17-24-23(27)12-11-22(33-24)13-25(29)26-14-18-7-9-20(10-8-18)19-5-3-2-4-6-19/h2-10,21-24,28H,11-17H2,1H3,(H,26,29)/t21-,22+,23-,24+/m0/s1. The number of aliphatic hydroxyl groups excluding tert-OH is 1. The highest BCUT2D eigenvalue weighted by Crippen LogP contribution is 2.29. The first-order valence-corrected chi connectivity index (χ1v) is 13.4. The summed E-state index contributed by atoms with van der Waals surface area (Å²) in [5.41, 5.74) is 3.28. The van der Waals surface area contributed by atoms with Crippen LogP contribution >= 0.6 is 0 Å². The predicted molar refractivity (Wildman–Crippen MR) is 128 cm³/mol. The molecule has 4 atom stereocenters. The van der Waals surface area contributed by atoms with Crippen molar-refractivity contribution in [3.8, 4) is 11.1 Å². The van der Waals surface area contributed by atoms with Gasteiger partial charge in [-0.3, -0.25) is 4.79 Å². The largest absolute Gasteiger partial charge is 0.389 e. The van der Waals surface area contributed by atoms with Gasteiger partial charge in [-0.1, -0.05) is 54.6 Å². The predicted octanol–water partition coefficient (Wildman–Crippen LogP) is 1.93. The summed E-state index contributed by atoms with van der Waals surface area (Å²) < 4.78 is 37.5. The van der Waals surface area contributed by atoms with Crippen LogP contribution in [0.4, 0.5) is 0 Å². The van der Waals surface area contributed by atoms with Crippen LogP contribution in [0.15, 0.2) is 54.6 Å². The van der Waals surface area contributed by atoms with Crippen LogP contribution < -0.4 is 5.32 Å². The van der Waals surface area contributed by atoms with Crippen molar-refractivity contribution in [2.75, 3.05) is 26.0 Å². The SMILES string of the molecule is CS(=O)(=O)N1C[C@H](O)COC[C@H]2O[C@@H](CC(=O)NCc3ccc(-c4ccccc4)cc3)CC[C@@H]21. The first-order valence-electron chi connectivity index (χ1n) is 11.6. The minimum atomic E-state index is -3.51. The van der Waals surface area contributed by atoms with Crippen LogP contribution in [0.5, 0.6) is 0 Å². The molecule has 2 aromatic carbocycles. The van der Waals surface area contributed by atoms with Gasteiger partial charge in [-0.25, -0.2) is 8.42 Å². The van der Waals surface area contributed by atoms with E-state index in [1.54, 1.807) is 0 Å². The minimum Gasteiger partial charge on any atom is -0.389 e. The maximum Gasteiger partial charge on any atom is 0.222 e. The first-order chi connectivity index (χ1) is 16.3. The molecule has 0 aliphatic carbocycles. The summed E-state index contributed by atoms with van der Waals surface area (Å²) in [6.07, 6.45) is 0.795. The normalized spacial score (nSPS) is 26.2. The van der Waals surface area contributed by atoms with Gasteiger partial charge in [-0.05, 0) is 29.5 Å². The highest BCUT2D eigenvalue weighted by atomic mass is 32.2. The third-order valence-corrected chi connectivity index (χ3v) is 7.60. The van der Waals surface area contributed by atoms with Gasteiger partial charge in [0.1, 0.15) is 0 Å². The molecule has 0 spiro atoms. The van der Waals surface area contributed by atoms with Crippen LogP contribution in [-0.4, -0.2) is 74.1 Å². The Morgan fingerprint density at radius 1 is 1.06 bits per heavy atom. The molecule has 2 heterocycles. The van der Waals surface area contributed by atoms with Crippen LogP contribution in [0.2, 0.25) is 0 Å². The number of sulfonamides is 1. The van der Waals surface area contributed by atoms with Crippen LogP contribution in [0.1, 0.15) is 24.8 Å². The molecule has 1 amide bonds. The molecule has 2 fully saturated rings. The number of β-amino-alcohol motifs (C(OH)–C–C–N with tert-alkyl or cyclic N) is 1. The topological polar surface area (TPSA) is 105 Å². The lowest BCUT2D eigenvalue weighted by atomic mass is 9.96. The van der Waals surface area contributed by atoms with Crippen LogP contribution in [-0.2, 0) is 30.8 Å². The monoisotopic (exact) mass is 488 g/mol. The number of benzene rings is 2. The lowest BCUT2D eigenvalue weighted by Gasteiger charge is -2.43. The highest BCUT2D eigenvalue weighted by Gasteiger charge is 2.41. The van der Waals surface area contributed by atoms with Gasteiger partial charge >= 0.3 is 0 Å². The van der Waals surface area contributed by atoms with E-state index in [0.717, 1.165) is 22.9 Å². The van der Waals surface area contributed by atoms with Crippen molar-refractivity contribution < 1.29 is 27.8 Å². The summed E-state index contributed by atoms with van der Waals surface area (Å²) in [4.78, 5) is 12.6. The molecule has 2 aliphatic heterocycles. The van der Waals surface area contributed by atoms with Crippen molar-refractivity contribution in [3.05, 3.63) is 60.2 Å². The Bertz CT molecular complexity index is 1060. The number of ether oxygens (including phenoxy) is 2. The first kappa shape index (κ1) is 24.8. The number of nitrogens with one attached hydrogen (secondary N) is 1. The number of amides is 1. The van der Waals surface area contributed by atoms with E-state index in [9.17, 15) is 18.3 Å². The Morgan fingerprint density at radius 3 is 2.47 bits per heavy atom. The number of hydrogen-bond donors (Lipinski definition) is 2. The summed E-state index contributed by atoms with van der Waals surface area (Å²) >= 11 is 0. The van der Waals surface area contributed by atoms with Crippen molar-refractivity contribution in [2.45, 2.75) is 50.2 Å². The van der Waals surface area contributed by atoms with E-state index in [0.29, 0.717) is 19.4 Å². The van der Waals surface area contributed by atoms with Gasteiger partial charge in [0.15, 0.2) is 0 Å². The second kappa shape index (κ2) is 11.0. The molecule has 2 N–H and O–H groups in total. The van der Waals surface area contributed by atoms with Gasteiger partial charge in [-0.2, -0.15) is 4.31 Å². The second-order valence-electron chi connectivity index (χ2n) is 9.01. The number of fused-ring (bicyclic) bond motifs is 1. The van der Waals surface area contributed by atoms with E-state index < -0.39 is 28.3 Å². The smallest absolute Gasteiger partial charge is 0.222 e. The van der Waals surface area contributed by atoms with E-state index in [-0.39, 0.29) is 38.2 Å². The number of carbonyl (C=O) groups is 1. The zero-order chi connectivity index (χ0) is 24.1. The molecule has 4 rings (SSSR count). The van der Waals surface area contributed by atoms with Gasteiger partial charge in [0.2, 0.25) is 15.9 Å². The van der Waals surface area contributed by atoms with Gasteiger partial charge in [0, 0.05) is 13.1 Å². The summed E-state index contributed by atoms with van der Waals surface area (Å²) in [5, 5.41) is 13.0. The second-order valence-corrected chi connectivity index (χ2v) is 10.9. The summed E-state index contributed by atoms with van der Waals surface area (Å²) in [5.74, 6) is -0.113. The summed E-state index contributed by atoms with van der Waals surface area (Å²) in [6, 6.07) is 17.8. The number of aliphatic hydroxyl groups is 1. The molecule has 184 valence electrons. The Balaban J connectivity index is 1.29. The Hall–Kier alpha value is -2.30. The van der Waals surface area contributed by atoms with Crippen LogP contribution in [0.3, 0.4) is 0 Å². The van der Waals surface area contributed by atoms with E-state index in [1.807, 2.05) is 42.5 Å². The van der Waals surface area contributed by atoms with Crippen LogP contribution in [0, 0.1) is 0 Å². The molecule has 0 aromatic heterocycles. The molecule has 0 unspecified atom stereocenters. The molecule has 34 heavy (non-hydrogen) atoms. The maximum atomic E-state index is 12.6. The Labute approximate surface area is 200 Å². The summed E-state index contributed by atoms with van der Waals surface area (Å²) in [7, 11) is -3.51. The molecule has 2 saturated heterocycles. The third-order valence-electron chi connectivity index (χ3n) is 6.32. The average molecular weight is 489 g/mol. The maximum absolute atomic E-state index is 12.6. The van der Waals surface area contributed by atoms with Crippen molar-refractivity contribution in [2.24, 2.45) is 0 Å². The third kappa shape index (κ3) is 6.43. The fourth-order valence-corrected chi connectivity index (χ4v) is 5.78. The van der Waals surface area contributed by atoms with Crippen molar-refractivity contribution >= 4 is 15.9 Å². The fraction of sp³-hybridized carbons (Fsp3) is 0.480. The Morgan fingerprint density at radius 2 is 1.76 bits per heavy atom. The highest BCUT2D eigenvalue weighted by molar-refractivity contribution is 7.88. The van der Waals surface area contributed by atoms with E-state index >= 15 is 0 Å². The molecule has 8 nitrogen and oxygen atoms in total. The zero-order valence-electron chi connectivity index (χ0n) is 19.3. The molecule has 0 saturated carbocycles. The van der Waals surface area contributed by atoms with Gasteiger partial charge in [-0.15, -0.1) is 0 Å². The molecule has 2 aliphatic rings. The summed E-state index contributed by atoms with van der Waals surface area (Å²) in [6.45, 7) is 0.638. The average Bonchev–Trinajstić information content (AvgIpc) is 2.81. The molecular weight excluding hydrogens is 456 g/mol. The molecule has 9 heteroatoms. The Kier molecular flexibility index (Phi) is 8.00. The number of nitrogens with zero attached hydrogens (tertiary/aromatic N) is 1. The minimum absolute atomic E-state index is 0.0163. The number of rotatable bonds is 6. The van der Waals surface area contributed by atoms with E-state index in [4.69, 9.17) is 9.47 Å². The molecule has 2 aromatic rings. The van der Waals surface area contributed by atoms with Gasteiger partial charge in [0.05, 0.1) is 50.2 Å². The van der Waals surface area contributed by atoms with Gasteiger partial charge < -0.3 is 19.9 Å².